The van der Waals surface area contributed by atoms with E-state index in [9.17, 15) is 44.1 Å². The molecule has 0 aromatic heterocycles. The SMILES string of the molecule is NC(=O)CC(NC(=O)C(Cc1ccccc1)NC(=O)C(CC(=O)O)NC(=O)C(N)Cc1ccc(O)cc1)C(=O)O. The molecule has 0 bridgehead atoms. The molecule has 0 saturated heterocycles. The molecule has 2 rings (SSSR count). The Kier molecular flexibility index (Phi) is 11.6. The van der Waals surface area contributed by atoms with Crippen LogP contribution in [-0.4, -0.2) is 75.1 Å². The molecule has 0 aliphatic rings. The second-order valence-corrected chi connectivity index (χ2v) is 8.96. The number of hydrogen-bond donors (Lipinski definition) is 8. The number of nitrogens with two attached hydrogens (primary N) is 2. The van der Waals surface area contributed by atoms with Crippen LogP contribution in [0.25, 0.3) is 0 Å². The zero-order chi connectivity index (χ0) is 29.8. The van der Waals surface area contributed by atoms with Crippen molar-refractivity contribution in [1.29, 1.82) is 0 Å². The summed E-state index contributed by atoms with van der Waals surface area (Å²) in [5, 5.41) is 34.8. The third-order valence-corrected chi connectivity index (χ3v) is 5.68. The average molecular weight is 558 g/mol. The van der Waals surface area contributed by atoms with Crippen LogP contribution >= 0.6 is 0 Å². The number of primary amides is 1. The standard InChI is InChI=1S/C26H31N5O9/c27-17(10-15-6-8-16(32)9-7-15)23(36)29-19(13-22(34)35)25(38)30-18(11-14-4-2-1-3-5-14)24(37)31-20(26(39)40)12-21(28)33/h1-9,17-20,32H,10-13,27H2,(H2,28,33)(H,29,36)(H,30,38)(H,31,37)(H,34,35)(H,39,40). The van der Waals surface area contributed by atoms with E-state index < -0.39 is 72.6 Å². The van der Waals surface area contributed by atoms with Crippen molar-refractivity contribution < 1.29 is 44.1 Å². The molecule has 0 radical (unpaired) electrons. The van der Waals surface area contributed by atoms with Crippen molar-refractivity contribution in [3.8, 4) is 5.75 Å². The number of amides is 4. The highest BCUT2D eigenvalue weighted by atomic mass is 16.4. The molecule has 4 atom stereocenters. The molecule has 10 N–H and O–H groups in total. The molecule has 4 amide bonds. The van der Waals surface area contributed by atoms with Gasteiger partial charge in [0.2, 0.25) is 23.6 Å². The summed E-state index contributed by atoms with van der Waals surface area (Å²) in [5.74, 6) is -6.78. The fourth-order valence-corrected chi connectivity index (χ4v) is 3.65. The van der Waals surface area contributed by atoms with E-state index in [4.69, 9.17) is 11.5 Å². The van der Waals surface area contributed by atoms with Crippen molar-refractivity contribution >= 4 is 35.6 Å². The number of aliphatic carboxylic acids is 2. The van der Waals surface area contributed by atoms with Crippen molar-refractivity contribution in [3.05, 3.63) is 65.7 Å². The number of phenols is 1. The molecule has 40 heavy (non-hydrogen) atoms. The molecule has 0 aliphatic heterocycles. The molecule has 0 fully saturated rings. The number of hydrogen-bond acceptors (Lipinski definition) is 8. The summed E-state index contributed by atoms with van der Waals surface area (Å²) in [6, 6.07) is 8.31. The quantitative estimate of drug-likeness (QED) is 0.124. The monoisotopic (exact) mass is 557 g/mol. The molecule has 214 valence electrons. The lowest BCUT2D eigenvalue weighted by Crippen LogP contribution is -2.58. The maximum atomic E-state index is 13.1. The van der Waals surface area contributed by atoms with Crippen molar-refractivity contribution in [2.24, 2.45) is 11.5 Å². The van der Waals surface area contributed by atoms with Gasteiger partial charge in [0.25, 0.3) is 0 Å². The third-order valence-electron chi connectivity index (χ3n) is 5.68. The Bertz CT molecular complexity index is 1220. The van der Waals surface area contributed by atoms with Crippen molar-refractivity contribution in [3.63, 3.8) is 0 Å². The maximum Gasteiger partial charge on any atom is 0.326 e. The summed E-state index contributed by atoms with van der Waals surface area (Å²) in [5.41, 5.74) is 12.2. The van der Waals surface area contributed by atoms with E-state index in [1.54, 1.807) is 42.5 Å². The number of aromatic hydroxyl groups is 1. The highest BCUT2D eigenvalue weighted by Gasteiger charge is 2.32. The van der Waals surface area contributed by atoms with Crippen LogP contribution < -0.4 is 27.4 Å². The van der Waals surface area contributed by atoms with E-state index in [-0.39, 0.29) is 18.6 Å². The topological polar surface area (TPSA) is 251 Å². The smallest absolute Gasteiger partial charge is 0.326 e. The Morgan fingerprint density at radius 1 is 0.675 bits per heavy atom. The number of carboxylic acid groups (broad SMARTS) is 2. The van der Waals surface area contributed by atoms with Gasteiger partial charge in [-0.05, 0) is 29.7 Å². The van der Waals surface area contributed by atoms with E-state index >= 15 is 0 Å². The van der Waals surface area contributed by atoms with E-state index in [1.807, 2.05) is 0 Å². The molecule has 0 aliphatic carbocycles. The highest BCUT2D eigenvalue weighted by Crippen LogP contribution is 2.11. The molecular formula is C26H31N5O9. The van der Waals surface area contributed by atoms with Gasteiger partial charge in [0, 0.05) is 6.42 Å². The molecule has 14 nitrogen and oxygen atoms in total. The van der Waals surface area contributed by atoms with Gasteiger partial charge in [0.15, 0.2) is 0 Å². The van der Waals surface area contributed by atoms with Crippen molar-refractivity contribution in [1.82, 2.24) is 16.0 Å². The largest absolute Gasteiger partial charge is 0.508 e. The zero-order valence-corrected chi connectivity index (χ0v) is 21.3. The van der Waals surface area contributed by atoms with Crippen LogP contribution in [0.2, 0.25) is 0 Å². The van der Waals surface area contributed by atoms with Gasteiger partial charge in [0.05, 0.1) is 18.9 Å². The first-order chi connectivity index (χ1) is 18.8. The minimum atomic E-state index is -1.67. The Morgan fingerprint density at radius 3 is 1.75 bits per heavy atom. The molecule has 0 heterocycles. The van der Waals surface area contributed by atoms with Gasteiger partial charge >= 0.3 is 11.9 Å². The van der Waals surface area contributed by atoms with Gasteiger partial charge < -0.3 is 42.7 Å². The molecule has 2 aromatic carbocycles. The third kappa shape index (κ3) is 10.4. The maximum absolute atomic E-state index is 13.1. The van der Waals surface area contributed by atoms with Crippen LogP contribution in [0.3, 0.4) is 0 Å². The van der Waals surface area contributed by atoms with Crippen molar-refractivity contribution in [2.75, 3.05) is 0 Å². The molecule has 14 heteroatoms. The van der Waals surface area contributed by atoms with E-state index in [0.717, 1.165) is 0 Å². The molecule has 0 saturated carbocycles. The first kappa shape index (κ1) is 31.2. The Balaban J connectivity index is 2.21. The molecule has 4 unspecified atom stereocenters. The van der Waals surface area contributed by atoms with Crippen LogP contribution in [0.4, 0.5) is 0 Å². The second kappa shape index (κ2) is 14.8. The predicted octanol–water partition coefficient (Wildman–Crippen LogP) is -1.61. The Morgan fingerprint density at radius 2 is 1.20 bits per heavy atom. The summed E-state index contributed by atoms with van der Waals surface area (Å²) in [6.07, 6.45) is -1.66. The van der Waals surface area contributed by atoms with Crippen molar-refractivity contribution in [2.45, 2.75) is 49.9 Å². The van der Waals surface area contributed by atoms with E-state index in [2.05, 4.69) is 16.0 Å². The van der Waals surface area contributed by atoms with Crippen LogP contribution in [0.15, 0.2) is 54.6 Å². The minimum Gasteiger partial charge on any atom is -0.508 e. The van der Waals surface area contributed by atoms with Crippen LogP contribution in [0.1, 0.15) is 24.0 Å². The van der Waals surface area contributed by atoms with Gasteiger partial charge in [-0.3, -0.25) is 24.0 Å². The number of rotatable bonds is 15. The lowest BCUT2D eigenvalue weighted by atomic mass is 10.0. The summed E-state index contributed by atoms with van der Waals surface area (Å²) in [4.78, 5) is 73.0. The van der Waals surface area contributed by atoms with Crippen LogP contribution in [0, 0.1) is 0 Å². The van der Waals surface area contributed by atoms with Gasteiger partial charge in [-0.15, -0.1) is 0 Å². The summed E-state index contributed by atoms with van der Waals surface area (Å²) < 4.78 is 0. The fourth-order valence-electron chi connectivity index (χ4n) is 3.65. The fraction of sp³-hybridized carbons (Fsp3) is 0.308. The van der Waals surface area contributed by atoms with Gasteiger partial charge in [-0.1, -0.05) is 42.5 Å². The molecular weight excluding hydrogens is 526 g/mol. The first-order valence-corrected chi connectivity index (χ1v) is 12.1. The normalized spacial score (nSPS) is 13.6. The Hall–Kier alpha value is -4.98. The van der Waals surface area contributed by atoms with E-state index in [0.29, 0.717) is 11.1 Å². The van der Waals surface area contributed by atoms with Crippen LogP contribution in [0.5, 0.6) is 5.75 Å². The number of carboxylic acids is 2. The second-order valence-electron chi connectivity index (χ2n) is 8.96. The minimum absolute atomic E-state index is 0.0124. The lowest BCUT2D eigenvalue weighted by Gasteiger charge is -2.24. The van der Waals surface area contributed by atoms with Gasteiger partial charge in [0.1, 0.15) is 23.9 Å². The number of nitrogens with one attached hydrogen (secondary N) is 3. The summed E-state index contributed by atoms with van der Waals surface area (Å²) in [6.45, 7) is 0. The first-order valence-electron chi connectivity index (χ1n) is 12.1. The highest BCUT2D eigenvalue weighted by molar-refractivity contribution is 5.96. The van der Waals surface area contributed by atoms with Crippen LogP contribution in [-0.2, 0) is 41.6 Å². The number of carbonyl (C=O) groups excluding carboxylic acids is 4. The zero-order valence-electron chi connectivity index (χ0n) is 21.3. The summed E-state index contributed by atoms with van der Waals surface area (Å²) >= 11 is 0. The number of phenolic OH excluding ortho intramolecular Hbond substituents is 1. The average Bonchev–Trinajstić information content (AvgIpc) is 2.88. The molecule has 2 aromatic rings. The van der Waals surface area contributed by atoms with Gasteiger partial charge in [-0.2, -0.15) is 0 Å². The lowest BCUT2D eigenvalue weighted by molar-refractivity contribution is -0.144. The van der Waals surface area contributed by atoms with Gasteiger partial charge in [-0.25, -0.2) is 4.79 Å². The summed E-state index contributed by atoms with van der Waals surface area (Å²) in [7, 11) is 0. The molecule has 0 spiro atoms. The number of benzene rings is 2. The number of carbonyl (C=O) groups is 6. The Labute approximate surface area is 228 Å². The predicted molar refractivity (Wildman–Crippen MR) is 139 cm³/mol. The van der Waals surface area contributed by atoms with E-state index in [1.165, 1.54) is 12.1 Å².